The van der Waals surface area contributed by atoms with E-state index in [1.165, 1.54) is 36.9 Å². The van der Waals surface area contributed by atoms with Gasteiger partial charge in [-0.3, -0.25) is 24.8 Å². The summed E-state index contributed by atoms with van der Waals surface area (Å²) >= 11 is 0. The lowest BCUT2D eigenvalue weighted by atomic mass is 10.0. The number of hydrogen-bond acceptors (Lipinski definition) is 8. The number of anilines is 1. The molecule has 45 heavy (non-hydrogen) atoms. The van der Waals surface area contributed by atoms with Crippen LogP contribution in [0, 0.1) is 17.6 Å². The van der Waals surface area contributed by atoms with Crippen LogP contribution >= 0.6 is 0 Å². The van der Waals surface area contributed by atoms with Gasteiger partial charge in [-0.1, -0.05) is 19.9 Å². The number of nitrogens with one attached hydrogen (secondary N) is 3. The third-order valence-corrected chi connectivity index (χ3v) is 8.03. The number of hydrogen-bond donors (Lipinski definition) is 3. The lowest BCUT2D eigenvalue weighted by Gasteiger charge is -2.09. The Hall–Kier alpha value is -5.11. The number of halogens is 2. The van der Waals surface area contributed by atoms with E-state index in [0.717, 1.165) is 6.26 Å². The molecule has 1 aromatic carbocycles. The highest BCUT2D eigenvalue weighted by Crippen LogP contribution is 2.35. The average Bonchev–Trinajstić information content (AvgIpc) is 3.60. The SMILES string of the molecule is CC(C)CC(=O)Nc1cncc(-c2ncc3[nH]nc(-c4nc5c(-c6cc(F)cc(CCS(C)(=O)=O)c6)cncc5[nH]4)c3c2F)c1. The first-order valence-corrected chi connectivity index (χ1v) is 16.1. The number of sulfone groups is 1. The van der Waals surface area contributed by atoms with E-state index >= 15 is 4.39 Å². The van der Waals surface area contributed by atoms with Crippen molar-refractivity contribution in [3.8, 4) is 33.9 Å². The maximum atomic E-state index is 16.2. The summed E-state index contributed by atoms with van der Waals surface area (Å²) in [7, 11) is -3.24. The van der Waals surface area contributed by atoms with Gasteiger partial charge in [-0.15, -0.1) is 0 Å². The van der Waals surface area contributed by atoms with Crippen molar-refractivity contribution in [3.05, 3.63) is 72.4 Å². The number of carbonyl (C=O) groups excluding carboxylic acids is 1. The van der Waals surface area contributed by atoms with Crippen LogP contribution in [0.4, 0.5) is 14.5 Å². The van der Waals surface area contributed by atoms with Gasteiger partial charge in [0.1, 0.15) is 27.0 Å². The van der Waals surface area contributed by atoms with Crippen LogP contribution in [0.3, 0.4) is 0 Å². The third-order valence-electron chi connectivity index (χ3n) is 7.08. The third kappa shape index (κ3) is 6.41. The number of pyridine rings is 3. The molecule has 0 saturated carbocycles. The number of aromatic amines is 2. The first kappa shape index (κ1) is 29.9. The van der Waals surface area contributed by atoms with Crippen molar-refractivity contribution in [1.82, 2.24) is 35.1 Å². The van der Waals surface area contributed by atoms with Crippen LogP contribution in [0.25, 0.3) is 55.8 Å². The van der Waals surface area contributed by atoms with Crippen LogP contribution in [0.2, 0.25) is 0 Å². The van der Waals surface area contributed by atoms with Crippen molar-refractivity contribution >= 4 is 43.4 Å². The van der Waals surface area contributed by atoms with Crippen LogP contribution in [0.1, 0.15) is 25.8 Å². The van der Waals surface area contributed by atoms with Crippen molar-refractivity contribution in [1.29, 1.82) is 0 Å². The summed E-state index contributed by atoms with van der Waals surface area (Å²) in [4.78, 5) is 32.8. The zero-order valence-corrected chi connectivity index (χ0v) is 25.3. The zero-order chi connectivity index (χ0) is 31.9. The van der Waals surface area contributed by atoms with Crippen molar-refractivity contribution in [2.24, 2.45) is 5.92 Å². The van der Waals surface area contributed by atoms with Crippen molar-refractivity contribution in [2.45, 2.75) is 26.7 Å². The van der Waals surface area contributed by atoms with E-state index in [0.29, 0.717) is 50.9 Å². The normalized spacial score (nSPS) is 12.0. The van der Waals surface area contributed by atoms with E-state index in [1.807, 2.05) is 13.8 Å². The Bertz CT molecular complexity index is 2190. The fourth-order valence-corrected chi connectivity index (χ4v) is 5.68. The van der Waals surface area contributed by atoms with Gasteiger partial charge in [0.15, 0.2) is 11.6 Å². The molecule has 3 N–H and O–H groups in total. The molecule has 0 radical (unpaired) electrons. The minimum atomic E-state index is -3.24. The van der Waals surface area contributed by atoms with Crippen LogP contribution in [-0.4, -0.2) is 61.5 Å². The Kier molecular flexibility index (Phi) is 7.83. The Morgan fingerprint density at radius 2 is 1.76 bits per heavy atom. The predicted molar refractivity (Wildman–Crippen MR) is 167 cm³/mol. The monoisotopic (exact) mass is 630 g/mol. The standard InChI is InChI=1S/C31H28F2N8O3S/c1-16(2)6-25(42)37-21-10-19(11-34-12-21)28-27(33)26-23(15-36-28)40-41-30(26)31-38-24-14-35-13-22(29(24)39-31)18-7-17(8-20(32)9-18)4-5-45(3,43)44/h7-16H,4-6H2,1-3H3,(H,37,42)(H,38,39)(H,40,41). The first-order chi connectivity index (χ1) is 21.4. The maximum absolute atomic E-state index is 16.2. The molecule has 6 aromatic rings. The molecule has 6 rings (SSSR count). The minimum Gasteiger partial charge on any atom is -0.335 e. The first-order valence-electron chi connectivity index (χ1n) is 14.0. The van der Waals surface area contributed by atoms with E-state index < -0.39 is 21.5 Å². The average molecular weight is 631 g/mol. The van der Waals surface area contributed by atoms with Crippen LogP contribution in [0.15, 0.2) is 55.2 Å². The number of fused-ring (bicyclic) bond motifs is 2. The molecule has 5 aromatic heterocycles. The van der Waals surface area contributed by atoms with E-state index in [9.17, 15) is 17.6 Å². The topological polar surface area (TPSA) is 159 Å². The Balaban J connectivity index is 1.39. The molecule has 11 nitrogen and oxygen atoms in total. The Labute approximate surface area is 256 Å². The summed E-state index contributed by atoms with van der Waals surface area (Å²) in [6.07, 6.45) is 9.08. The predicted octanol–water partition coefficient (Wildman–Crippen LogP) is 5.48. The summed E-state index contributed by atoms with van der Waals surface area (Å²) in [5, 5.41) is 10.0. The van der Waals surface area contributed by atoms with Crippen molar-refractivity contribution in [2.75, 3.05) is 17.3 Å². The number of aromatic nitrogens is 7. The molecule has 0 spiro atoms. The van der Waals surface area contributed by atoms with E-state index in [1.54, 1.807) is 18.3 Å². The van der Waals surface area contributed by atoms with Crippen LogP contribution < -0.4 is 5.32 Å². The summed E-state index contributed by atoms with van der Waals surface area (Å²) < 4.78 is 54.1. The zero-order valence-electron chi connectivity index (χ0n) is 24.5. The summed E-state index contributed by atoms with van der Waals surface area (Å²) in [6.45, 7) is 3.87. The number of imidazole rings is 1. The lowest BCUT2D eigenvalue weighted by Crippen LogP contribution is -2.14. The highest BCUT2D eigenvalue weighted by atomic mass is 32.2. The summed E-state index contributed by atoms with van der Waals surface area (Å²) in [5.74, 6) is -1.07. The van der Waals surface area contributed by atoms with Crippen molar-refractivity contribution in [3.63, 3.8) is 0 Å². The highest BCUT2D eigenvalue weighted by molar-refractivity contribution is 7.90. The molecule has 0 atom stereocenters. The second-order valence-corrected chi connectivity index (χ2v) is 13.5. The molecule has 0 saturated heterocycles. The van der Waals surface area contributed by atoms with Gasteiger partial charge < -0.3 is 10.3 Å². The fraction of sp³-hybridized carbons (Fsp3) is 0.226. The van der Waals surface area contributed by atoms with Gasteiger partial charge in [0, 0.05) is 36.2 Å². The second-order valence-electron chi connectivity index (χ2n) is 11.3. The number of carbonyl (C=O) groups is 1. The van der Waals surface area contributed by atoms with Gasteiger partial charge in [-0.05, 0) is 41.7 Å². The molecule has 14 heteroatoms. The summed E-state index contributed by atoms with van der Waals surface area (Å²) in [6, 6.07) is 5.93. The molecule has 0 aliphatic carbocycles. The number of amides is 1. The lowest BCUT2D eigenvalue weighted by molar-refractivity contribution is -0.116. The molecule has 0 unspecified atom stereocenters. The van der Waals surface area contributed by atoms with Crippen molar-refractivity contribution < 1.29 is 22.0 Å². The molecular formula is C31H28F2N8O3S. The molecule has 0 fully saturated rings. The highest BCUT2D eigenvalue weighted by Gasteiger charge is 2.22. The molecule has 5 heterocycles. The summed E-state index contributed by atoms with van der Waals surface area (Å²) in [5.41, 5.74) is 3.74. The molecule has 0 aliphatic rings. The maximum Gasteiger partial charge on any atom is 0.224 e. The largest absolute Gasteiger partial charge is 0.335 e. The van der Waals surface area contributed by atoms with Crippen LogP contribution in [0.5, 0.6) is 0 Å². The van der Waals surface area contributed by atoms with Gasteiger partial charge in [-0.2, -0.15) is 5.10 Å². The molecule has 0 aliphatic heterocycles. The number of benzene rings is 1. The van der Waals surface area contributed by atoms with E-state index in [-0.39, 0.29) is 46.6 Å². The van der Waals surface area contributed by atoms with Gasteiger partial charge >= 0.3 is 0 Å². The second kappa shape index (κ2) is 11.8. The van der Waals surface area contributed by atoms with Gasteiger partial charge in [0.05, 0.1) is 52.0 Å². The van der Waals surface area contributed by atoms with Gasteiger partial charge in [0.25, 0.3) is 0 Å². The van der Waals surface area contributed by atoms with E-state index in [2.05, 4.69) is 35.5 Å². The Morgan fingerprint density at radius 1 is 0.956 bits per heavy atom. The Morgan fingerprint density at radius 3 is 2.53 bits per heavy atom. The van der Waals surface area contributed by atoms with Crippen LogP contribution in [-0.2, 0) is 21.1 Å². The number of nitrogens with zero attached hydrogens (tertiary/aromatic N) is 5. The van der Waals surface area contributed by atoms with E-state index in [4.69, 9.17) is 4.98 Å². The van der Waals surface area contributed by atoms with Gasteiger partial charge in [0.2, 0.25) is 5.91 Å². The molecular weight excluding hydrogens is 602 g/mol. The molecule has 0 bridgehead atoms. The minimum absolute atomic E-state index is 0.0115. The molecule has 230 valence electrons. The smallest absolute Gasteiger partial charge is 0.224 e. The van der Waals surface area contributed by atoms with Gasteiger partial charge in [-0.25, -0.2) is 22.2 Å². The number of H-pyrrole nitrogens is 2. The fourth-order valence-electron chi connectivity index (χ4n) is 5.08. The quantitative estimate of drug-likeness (QED) is 0.190. The number of aryl methyl sites for hydroxylation is 1. The number of rotatable bonds is 9. The molecule has 1 amide bonds.